The molecule has 4 amide bonds. The number of amides is 4. The van der Waals surface area contributed by atoms with E-state index >= 15 is 0 Å². The molecule has 0 bridgehead atoms. The van der Waals surface area contributed by atoms with Crippen molar-refractivity contribution in [3.05, 3.63) is 35.9 Å². The highest BCUT2D eigenvalue weighted by molar-refractivity contribution is 5.93. The van der Waals surface area contributed by atoms with E-state index in [0.29, 0.717) is 6.42 Å². The Labute approximate surface area is 170 Å². The molecule has 9 heteroatoms. The van der Waals surface area contributed by atoms with Crippen molar-refractivity contribution < 1.29 is 23.9 Å². The Kier molecular flexibility index (Phi) is 9.64. The third-order valence-corrected chi connectivity index (χ3v) is 4.06. The van der Waals surface area contributed by atoms with Gasteiger partial charge < -0.3 is 26.4 Å². The number of primary amides is 1. The smallest absolute Gasteiger partial charge is 0.408 e. The van der Waals surface area contributed by atoms with Crippen LogP contribution < -0.4 is 21.7 Å². The molecule has 0 aliphatic rings. The van der Waals surface area contributed by atoms with Crippen molar-refractivity contribution in [1.82, 2.24) is 16.0 Å². The van der Waals surface area contributed by atoms with Gasteiger partial charge in [-0.15, -0.1) is 0 Å². The van der Waals surface area contributed by atoms with Gasteiger partial charge in [-0.05, 0) is 31.7 Å². The van der Waals surface area contributed by atoms with Gasteiger partial charge in [0.05, 0.1) is 0 Å². The number of rotatable bonds is 10. The van der Waals surface area contributed by atoms with Crippen LogP contribution in [-0.2, 0) is 25.7 Å². The summed E-state index contributed by atoms with van der Waals surface area (Å²) in [5, 5.41) is 7.41. The van der Waals surface area contributed by atoms with Crippen molar-refractivity contribution in [3.8, 4) is 0 Å². The Morgan fingerprint density at radius 2 is 1.45 bits per heavy atom. The van der Waals surface area contributed by atoms with E-state index in [-0.39, 0.29) is 12.5 Å². The molecule has 0 aliphatic carbocycles. The first-order valence-corrected chi connectivity index (χ1v) is 9.47. The lowest BCUT2D eigenvalue weighted by Crippen LogP contribution is -2.55. The van der Waals surface area contributed by atoms with E-state index in [1.54, 1.807) is 0 Å². The normalized spacial score (nSPS) is 13.7. The van der Waals surface area contributed by atoms with E-state index in [9.17, 15) is 19.2 Å². The van der Waals surface area contributed by atoms with Gasteiger partial charge in [-0.25, -0.2) is 4.79 Å². The van der Waals surface area contributed by atoms with E-state index in [1.807, 2.05) is 44.2 Å². The van der Waals surface area contributed by atoms with Crippen LogP contribution in [0.1, 0.15) is 39.7 Å². The minimum atomic E-state index is -0.920. The molecule has 3 atom stereocenters. The van der Waals surface area contributed by atoms with Crippen molar-refractivity contribution in [1.29, 1.82) is 0 Å². The fraction of sp³-hybridized carbons (Fsp3) is 0.500. The maximum atomic E-state index is 12.2. The molecule has 0 unspecified atom stereocenters. The van der Waals surface area contributed by atoms with Crippen LogP contribution in [0.5, 0.6) is 0 Å². The number of hydrogen-bond acceptors (Lipinski definition) is 5. The number of alkyl carbamates (subject to hydrolysis) is 1. The Morgan fingerprint density at radius 3 is 2.00 bits per heavy atom. The molecule has 0 aromatic heterocycles. The van der Waals surface area contributed by atoms with Crippen LogP contribution in [0.2, 0.25) is 0 Å². The molecule has 9 nitrogen and oxygen atoms in total. The average molecular weight is 406 g/mol. The number of ether oxygens (including phenoxy) is 1. The molecule has 0 spiro atoms. The third-order valence-electron chi connectivity index (χ3n) is 4.06. The maximum absolute atomic E-state index is 12.2. The molecule has 0 heterocycles. The Balaban J connectivity index is 2.46. The summed E-state index contributed by atoms with van der Waals surface area (Å²) < 4.78 is 5.06. The van der Waals surface area contributed by atoms with Gasteiger partial charge in [-0.1, -0.05) is 44.2 Å². The SMILES string of the molecule is CC(C)C[C@H](NC(=O)[C@H](C)NC(=O)[C@H](C)NC(=O)OCc1ccccc1)C(N)=O. The van der Waals surface area contributed by atoms with Crippen LogP contribution in [-0.4, -0.2) is 41.9 Å². The van der Waals surface area contributed by atoms with Crippen molar-refractivity contribution in [2.24, 2.45) is 11.7 Å². The van der Waals surface area contributed by atoms with E-state index in [4.69, 9.17) is 10.5 Å². The van der Waals surface area contributed by atoms with Gasteiger partial charge in [0.15, 0.2) is 0 Å². The van der Waals surface area contributed by atoms with Crippen LogP contribution in [0.3, 0.4) is 0 Å². The van der Waals surface area contributed by atoms with Gasteiger partial charge >= 0.3 is 6.09 Å². The standard InChI is InChI=1S/C20H30N4O5/c1-12(2)10-16(17(21)25)24-19(27)13(3)22-18(26)14(4)23-20(28)29-11-15-8-6-5-7-9-15/h5-9,12-14,16H,10-11H2,1-4H3,(H2,21,25)(H,22,26)(H,23,28)(H,24,27)/t13-,14-,16-/m0/s1. The summed E-state index contributed by atoms with van der Waals surface area (Å²) in [6, 6.07) is 6.46. The summed E-state index contributed by atoms with van der Waals surface area (Å²) in [6.45, 7) is 6.81. The van der Waals surface area contributed by atoms with Gasteiger partial charge in [0, 0.05) is 0 Å². The fourth-order valence-corrected chi connectivity index (χ4v) is 2.43. The van der Waals surface area contributed by atoms with Gasteiger partial charge in [0.2, 0.25) is 17.7 Å². The minimum absolute atomic E-state index is 0.0736. The largest absolute Gasteiger partial charge is 0.445 e. The summed E-state index contributed by atoms with van der Waals surface area (Å²) in [7, 11) is 0. The lowest BCUT2D eigenvalue weighted by Gasteiger charge is -2.22. The molecule has 0 fully saturated rings. The molecule has 0 radical (unpaired) electrons. The first kappa shape index (κ1) is 23.9. The van der Waals surface area contributed by atoms with Gasteiger partial charge in [-0.2, -0.15) is 0 Å². The topological polar surface area (TPSA) is 140 Å². The highest BCUT2D eigenvalue weighted by atomic mass is 16.5. The number of nitrogens with two attached hydrogens (primary N) is 1. The number of nitrogens with one attached hydrogen (secondary N) is 3. The zero-order valence-corrected chi connectivity index (χ0v) is 17.2. The highest BCUT2D eigenvalue weighted by Crippen LogP contribution is 2.05. The van der Waals surface area contributed by atoms with Crippen molar-refractivity contribution in [2.75, 3.05) is 0 Å². The molecule has 1 rings (SSSR count). The Hall–Kier alpha value is -3.10. The second kappa shape index (κ2) is 11.7. The summed E-state index contributed by atoms with van der Waals surface area (Å²) in [5.41, 5.74) is 6.12. The number of benzene rings is 1. The second-order valence-corrected chi connectivity index (χ2v) is 7.25. The van der Waals surface area contributed by atoms with E-state index < -0.39 is 41.9 Å². The molecular formula is C20H30N4O5. The van der Waals surface area contributed by atoms with Gasteiger partial charge in [0.1, 0.15) is 24.7 Å². The zero-order chi connectivity index (χ0) is 22.0. The molecule has 1 aromatic rings. The predicted octanol–water partition coefficient (Wildman–Crippen LogP) is 0.822. The van der Waals surface area contributed by atoms with Crippen molar-refractivity contribution in [2.45, 2.75) is 58.8 Å². The quantitative estimate of drug-likeness (QED) is 0.455. The van der Waals surface area contributed by atoms with Crippen LogP contribution >= 0.6 is 0 Å². The summed E-state index contributed by atoms with van der Waals surface area (Å²) in [4.78, 5) is 47.7. The number of hydrogen-bond donors (Lipinski definition) is 4. The summed E-state index contributed by atoms with van der Waals surface area (Å²) >= 11 is 0. The second-order valence-electron chi connectivity index (χ2n) is 7.25. The van der Waals surface area contributed by atoms with Crippen LogP contribution in [0.15, 0.2) is 30.3 Å². The highest BCUT2D eigenvalue weighted by Gasteiger charge is 2.25. The molecule has 0 saturated heterocycles. The van der Waals surface area contributed by atoms with E-state index in [1.165, 1.54) is 13.8 Å². The van der Waals surface area contributed by atoms with Gasteiger partial charge in [-0.3, -0.25) is 14.4 Å². The van der Waals surface area contributed by atoms with Gasteiger partial charge in [0.25, 0.3) is 0 Å². The van der Waals surface area contributed by atoms with Crippen molar-refractivity contribution >= 4 is 23.8 Å². The molecule has 0 saturated carbocycles. The molecular weight excluding hydrogens is 376 g/mol. The van der Waals surface area contributed by atoms with E-state index in [2.05, 4.69) is 16.0 Å². The maximum Gasteiger partial charge on any atom is 0.408 e. The average Bonchev–Trinajstić information content (AvgIpc) is 2.65. The predicted molar refractivity (Wildman–Crippen MR) is 107 cm³/mol. The summed E-state index contributed by atoms with van der Waals surface area (Å²) in [6.07, 6.45) is -0.355. The number of carbonyl (C=O) groups excluding carboxylic acids is 4. The first-order chi connectivity index (χ1) is 13.6. The fourth-order valence-electron chi connectivity index (χ4n) is 2.43. The van der Waals surface area contributed by atoms with Crippen molar-refractivity contribution in [3.63, 3.8) is 0 Å². The van der Waals surface area contributed by atoms with Crippen LogP contribution in [0.4, 0.5) is 4.79 Å². The zero-order valence-electron chi connectivity index (χ0n) is 17.2. The molecule has 0 aliphatic heterocycles. The first-order valence-electron chi connectivity index (χ1n) is 9.47. The lowest BCUT2D eigenvalue weighted by atomic mass is 10.0. The molecule has 1 aromatic carbocycles. The molecule has 29 heavy (non-hydrogen) atoms. The molecule has 160 valence electrons. The van der Waals surface area contributed by atoms with Crippen LogP contribution in [0, 0.1) is 5.92 Å². The minimum Gasteiger partial charge on any atom is -0.445 e. The lowest BCUT2D eigenvalue weighted by molar-refractivity contribution is -0.131. The number of carbonyl (C=O) groups is 4. The molecule has 5 N–H and O–H groups in total. The van der Waals surface area contributed by atoms with E-state index in [0.717, 1.165) is 5.56 Å². The monoisotopic (exact) mass is 406 g/mol. The third kappa shape index (κ3) is 9.09. The van der Waals surface area contributed by atoms with Crippen LogP contribution in [0.25, 0.3) is 0 Å². The Morgan fingerprint density at radius 1 is 0.897 bits per heavy atom. The Bertz CT molecular complexity index is 708. The summed E-state index contributed by atoms with van der Waals surface area (Å²) in [5.74, 6) is -1.59.